The van der Waals surface area contributed by atoms with E-state index in [1.54, 1.807) is 38.1 Å². The van der Waals surface area contributed by atoms with Gasteiger partial charge in [-0.3, -0.25) is 14.4 Å². The average molecular weight is 315 g/mol. The second kappa shape index (κ2) is 7.35. The number of nitrogens with zero attached hydrogens (tertiary/aromatic N) is 1. The summed E-state index contributed by atoms with van der Waals surface area (Å²) in [5, 5.41) is 2.47. The number of rotatable bonds is 5. The van der Waals surface area contributed by atoms with Crippen molar-refractivity contribution in [2.45, 2.75) is 13.8 Å². The molecule has 0 aliphatic heterocycles. The van der Waals surface area contributed by atoms with Crippen LogP contribution in [0, 0.1) is 6.92 Å². The number of benzene rings is 1. The van der Waals surface area contributed by atoms with Crippen LogP contribution >= 0.6 is 0 Å². The Morgan fingerprint density at radius 2 is 1.96 bits per heavy atom. The van der Waals surface area contributed by atoms with E-state index in [-0.39, 0.29) is 24.6 Å². The molecule has 23 heavy (non-hydrogen) atoms. The highest BCUT2D eigenvalue weighted by Gasteiger charge is 2.09. The van der Waals surface area contributed by atoms with Crippen molar-refractivity contribution in [3.8, 4) is 11.4 Å². The van der Waals surface area contributed by atoms with E-state index in [0.717, 1.165) is 0 Å². The Morgan fingerprint density at radius 1 is 1.26 bits per heavy atom. The van der Waals surface area contributed by atoms with E-state index in [1.807, 2.05) is 0 Å². The number of ether oxygens (including phenoxy) is 1. The molecule has 0 fully saturated rings. The second-order valence-corrected chi connectivity index (χ2v) is 4.80. The zero-order valence-electron chi connectivity index (χ0n) is 12.9. The lowest BCUT2D eigenvalue weighted by atomic mass is 10.1. The number of aromatic nitrogens is 2. The SMILES string of the molecule is CCOC(=O)CNC(=O)c1ccc(-c2nc(C)cc(=O)[nH]2)cc1. The van der Waals surface area contributed by atoms with Crippen molar-refractivity contribution in [1.29, 1.82) is 0 Å². The molecule has 2 aromatic rings. The van der Waals surface area contributed by atoms with Crippen molar-refractivity contribution in [3.63, 3.8) is 0 Å². The molecule has 0 aliphatic rings. The highest BCUT2D eigenvalue weighted by molar-refractivity contribution is 5.96. The molecule has 0 radical (unpaired) electrons. The van der Waals surface area contributed by atoms with E-state index in [2.05, 4.69) is 15.3 Å². The van der Waals surface area contributed by atoms with Gasteiger partial charge in [-0.2, -0.15) is 0 Å². The van der Waals surface area contributed by atoms with E-state index in [4.69, 9.17) is 4.74 Å². The summed E-state index contributed by atoms with van der Waals surface area (Å²) in [5.41, 5.74) is 1.46. The second-order valence-electron chi connectivity index (χ2n) is 4.80. The standard InChI is InChI=1S/C16H17N3O4/c1-3-23-14(21)9-17-16(22)12-6-4-11(5-7-12)15-18-10(2)8-13(20)19-15/h4-8H,3,9H2,1-2H3,(H,17,22)(H,18,19,20). The number of aromatic amines is 1. The van der Waals surface area contributed by atoms with Crippen molar-refractivity contribution in [1.82, 2.24) is 15.3 Å². The van der Waals surface area contributed by atoms with E-state index in [9.17, 15) is 14.4 Å². The molecule has 2 N–H and O–H groups in total. The Hall–Kier alpha value is -2.96. The number of esters is 1. The molecular weight excluding hydrogens is 298 g/mol. The molecule has 2 rings (SSSR count). The molecule has 1 amide bonds. The molecular formula is C16H17N3O4. The third-order valence-corrected chi connectivity index (χ3v) is 2.99. The van der Waals surface area contributed by atoms with Gasteiger partial charge in [-0.1, -0.05) is 12.1 Å². The van der Waals surface area contributed by atoms with E-state index in [0.29, 0.717) is 22.6 Å². The van der Waals surface area contributed by atoms with Crippen molar-refractivity contribution in [3.05, 3.63) is 51.9 Å². The molecule has 1 heterocycles. The molecule has 0 bridgehead atoms. The van der Waals surface area contributed by atoms with Crippen molar-refractivity contribution in [2.24, 2.45) is 0 Å². The average Bonchev–Trinajstić information content (AvgIpc) is 2.52. The summed E-state index contributed by atoms with van der Waals surface area (Å²) in [6.07, 6.45) is 0. The van der Waals surface area contributed by atoms with Crippen LogP contribution in [-0.4, -0.2) is 35.0 Å². The smallest absolute Gasteiger partial charge is 0.325 e. The molecule has 0 spiro atoms. The van der Waals surface area contributed by atoms with Crippen molar-refractivity contribution in [2.75, 3.05) is 13.2 Å². The predicted octanol–water partition coefficient (Wildman–Crippen LogP) is 1.04. The van der Waals surface area contributed by atoms with Crippen LogP contribution in [0.2, 0.25) is 0 Å². The summed E-state index contributed by atoms with van der Waals surface area (Å²) in [6.45, 7) is 3.52. The highest BCUT2D eigenvalue weighted by Crippen LogP contribution is 2.14. The fourth-order valence-electron chi connectivity index (χ4n) is 1.96. The van der Waals surface area contributed by atoms with Gasteiger partial charge in [-0.15, -0.1) is 0 Å². The van der Waals surface area contributed by atoms with Gasteiger partial charge in [0.25, 0.3) is 11.5 Å². The number of carbonyl (C=O) groups is 2. The molecule has 0 unspecified atom stereocenters. The highest BCUT2D eigenvalue weighted by atomic mass is 16.5. The minimum atomic E-state index is -0.487. The lowest BCUT2D eigenvalue weighted by molar-refractivity contribution is -0.141. The monoisotopic (exact) mass is 315 g/mol. The molecule has 0 aliphatic carbocycles. The van der Waals surface area contributed by atoms with Crippen LogP contribution in [0.25, 0.3) is 11.4 Å². The zero-order chi connectivity index (χ0) is 16.8. The fourth-order valence-corrected chi connectivity index (χ4v) is 1.96. The van der Waals surface area contributed by atoms with Gasteiger partial charge in [-0.25, -0.2) is 4.98 Å². The summed E-state index contributed by atoms with van der Waals surface area (Å²) >= 11 is 0. The van der Waals surface area contributed by atoms with Crippen LogP contribution < -0.4 is 10.9 Å². The van der Waals surface area contributed by atoms with Crippen LogP contribution in [0.4, 0.5) is 0 Å². The Bertz CT molecular complexity index is 766. The fraction of sp³-hybridized carbons (Fsp3) is 0.250. The summed E-state index contributed by atoms with van der Waals surface area (Å²) in [5.74, 6) is -0.428. The minimum Gasteiger partial charge on any atom is -0.465 e. The van der Waals surface area contributed by atoms with Gasteiger partial charge in [0.05, 0.1) is 6.61 Å². The summed E-state index contributed by atoms with van der Waals surface area (Å²) in [7, 11) is 0. The van der Waals surface area contributed by atoms with Gasteiger partial charge in [0.15, 0.2) is 0 Å². The third-order valence-electron chi connectivity index (χ3n) is 2.99. The van der Waals surface area contributed by atoms with E-state index >= 15 is 0 Å². The molecule has 0 saturated heterocycles. The minimum absolute atomic E-state index is 0.179. The summed E-state index contributed by atoms with van der Waals surface area (Å²) < 4.78 is 4.73. The van der Waals surface area contributed by atoms with Crippen molar-refractivity contribution < 1.29 is 14.3 Å². The first-order valence-corrected chi connectivity index (χ1v) is 7.12. The normalized spacial score (nSPS) is 10.2. The molecule has 7 nitrogen and oxygen atoms in total. The van der Waals surface area contributed by atoms with Gasteiger partial charge in [-0.05, 0) is 26.0 Å². The lowest BCUT2D eigenvalue weighted by Gasteiger charge is -2.06. The molecule has 1 aromatic carbocycles. The summed E-state index contributed by atoms with van der Waals surface area (Å²) in [6, 6.07) is 7.95. The van der Waals surface area contributed by atoms with Crippen LogP contribution in [0.1, 0.15) is 23.0 Å². The third kappa shape index (κ3) is 4.50. The number of hydrogen-bond acceptors (Lipinski definition) is 5. The maximum absolute atomic E-state index is 11.9. The first kappa shape index (κ1) is 16.4. The maximum atomic E-state index is 11.9. The number of carbonyl (C=O) groups excluding carboxylic acids is 2. The van der Waals surface area contributed by atoms with Gasteiger partial charge in [0.2, 0.25) is 0 Å². The van der Waals surface area contributed by atoms with Crippen LogP contribution in [0.5, 0.6) is 0 Å². The Morgan fingerprint density at radius 3 is 2.57 bits per heavy atom. The van der Waals surface area contributed by atoms with Crippen LogP contribution in [-0.2, 0) is 9.53 Å². The lowest BCUT2D eigenvalue weighted by Crippen LogP contribution is -2.30. The maximum Gasteiger partial charge on any atom is 0.325 e. The topological polar surface area (TPSA) is 101 Å². The van der Waals surface area contributed by atoms with Gasteiger partial charge >= 0.3 is 5.97 Å². The van der Waals surface area contributed by atoms with Crippen LogP contribution in [0.15, 0.2) is 35.1 Å². The van der Waals surface area contributed by atoms with Gasteiger partial charge in [0.1, 0.15) is 12.4 Å². The number of amides is 1. The predicted molar refractivity (Wildman–Crippen MR) is 84.0 cm³/mol. The van der Waals surface area contributed by atoms with Crippen LogP contribution in [0.3, 0.4) is 0 Å². The van der Waals surface area contributed by atoms with Gasteiger partial charge in [0, 0.05) is 22.9 Å². The number of H-pyrrole nitrogens is 1. The van der Waals surface area contributed by atoms with Gasteiger partial charge < -0.3 is 15.0 Å². The molecule has 7 heteroatoms. The molecule has 120 valence electrons. The molecule has 1 aromatic heterocycles. The quantitative estimate of drug-likeness (QED) is 0.803. The number of aryl methyl sites for hydroxylation is 1. The zero-order valence-corrected chi connectivity index (χ0v) is 12.9. The first-order valence-electron chi connectivity index (χ1n) is 7.12. The number of hydrogen-bond donors (Lipinski definition) is 2. The van der Waals surface area contributed by atoms with E-state index in [1.165, 1.54) is 6.07 Å². The van der Waals surface area contributed by atoms with E-state index < -0.39 is 5.97 Å². The Kier molecular flexibility index (Phi) is 5.24. The molecule has 0 atom stereocenters. The first-order chi connectivity index (χ1) is 11.0. The Labute approximate surface area is 132 Å². The largest absolute Gasteiger partial charge is 0.465 e. The molecule has 0 saturated carbocycles. The Balaban J connectivity index is 2.08. The number of nitrogens with one attached hydrogen (secondary N) is 2. The summed E-state index contributed by atoms with van der Waals surface area (Å²) in [4.78, 5) is 41.5. The van der Waals surface area contributed by atoms with Crippen molar-refractivity contribution >= 4 is 11.9 Å².